The molecule has 1 aromatic carbocycles. The fraction of sp³-hybridized carbons (Fsp3) is 0.611. The number of rotatable bonds is 5. The highest BCUT2D eigenvalue weighted by molar-refractivity contribution is 7.89. The molecular formula is C18H24F3N7O2S. The van der Waals surface area contributed by atoms with Crippen molar-refractivity contribution in [1.82, 2.24) is 31.3 Å². The maximum atomic E-state index is 13.6. The summed E-state index contributed by atoms with van der Waals surface area (Å²) in [6.45, 7) is 1.92. The van der Waals surface area contributed by atoms with Gasteiger partial charge in [0.25, 0.3) is 0 Å². The van der Waals surface area contributed by atoms with Crippen LogP contribution in [0.3, 0.4) is 0 Å². The van der Waals surface area contributed by atoms with Gasteiger partial charge in [-0.25, -0.2) is 18.7 Å². The molecule has 1 atom stereocenters. The first-order valence-electron chi connectivity index (χ1n) is 10.1. The summed E-state index contributed by atoms with van der Waals surface area (Å²) < 4.78 is 65.4. The molecular weight excluding hydrogens is 435 g/mol. The lowest BCUT2D eigenvalue weighted by molar-refractivity contribution is -0.139. The second-order valence-electron chi connectivity index (χ2n) is 8.10. The number of nitrogens with two attached hydrogens (primary N) is 1. The van der Waals surface area contributed by atoms with E-state index in [-0.39, 0.29) is 17.3 Å². The van der Waals surface area contributed by atoms with Gasteiger partial charge in [-0.2, -0.15) is 13.2 Å². The molecule has 1 aromatic heterocycles. The Kier molecular flexibility index (Phi) is 6.03. The average molecular weight is 459 g/mol. The van der Waals surface area contributed by atoms with Crippen LogP contribution in [0, 0.1) is 0 Å². The molecule has 13 heteroatoms. The first-order chi connectivity index (χ1) is 14.6. The highest BCUT2D eigenvalue weighted by Gasteiger charge is 2.40. The molecule has 1 saturated carbocycles. The molecule has 2 heterocycles. The number of nitrogens with zero attached hydrogens (tertiary/aromatic N) is 3. The first-order valence-corrected chi connectivity index (χ1v) is 11.7. The number of nitrogens with one attached hydrogen (secondary N) is 3. The monoisotopic (exact) mass is 459 g/mol. The summed E-state index contributed by atoms with van der Waals surface area (Å²) in [5, 5.41) is 25.1. The van der Waals surface area contributed by atoms with Gasteiger partial charge in [0.05, 0.1) is 5.56 Å². The smallest absolute Gasteiger partial charge is 0.315 e. The minimum atomic E-state index is -4.90. The van der Waals surface area contributed by atoms with Gasteiger partial charge in [0, 0.05) is 24.2 Å². The number of H-pyrrole nitrogens is 1. The van der Waals surface area contributed by atoms with Crippen molar-refractivity contribution in [3.63, 3.8) is 0 Å². The number of aromatic amines is 1. The molecule has 9 nitrogen and oxygen atoms in total. The van der Waals surface area contributed by atoms with E-state index in [2.05, 4.69) is 31.3 Å². The van der Waals surface area contributed by atoms with Crippen LogP contribution in [0.25, 0.3) is 11.4 Å². The zero-order valence-corrected chi connectivity index (χ0v) is 17.4. The molecule has 2 aromatic rings. The lowest BCUT2D eigenvalue weighted by Gasteiger charge is -2.32. The summed E-state index contributed by atoms with van der Waals surface area (Å²) in [4.78, 5) is -0.992. The van der Waals surface area contributed by atoms with Gasteiger partial charge >= 0.3 is 6.18 Å². The Morgan fingerprint density at radius 2 is 1.84 bits per heavy atom. The van der Waals surface area contributed by atoms with E-state index in [1.165, 1.54) is 6.07 Å². The third kappa shape index (κ3) is 4.73. The number of halogens is 3. The summed E-state index contributed by atoms with van der Waals surface area (Å²) in [6.07, 6.45) is -0.774. The maximum absolute atomic E-state index is 13.6. The zero-order chi connectivity index (χ0) is 22.2. The summed E-state index contributed by atoms with van der Waals surface area (Å²) in [7, 11) is -4.72. The number of hydrogen-bond donors (Lipinski definition) is 4. The predicted molar refractivity (Wildman–Crippen MR) is 105 cm³/mol. The number of hydrogen-bond acceptors (Lipinski definition) is 7. The van der Waals surface area contributed by atoms with E-state index in [4.69, 9.17) is 5.14 Å². The van der Waals surface area contributed by atoms with Crippen LogP contribution < -0.4 is 15.8 Å². The van der Waals surface area contributed by atoms with E-state index in [0.29, 0.717) is 30.5 Å². The fourth-order valence-corrected chi connectivity index (χ4v) is 5.66. The molecule has 5 N–H and O–H groups in total. The van der Waals surface area contributed by atoms with Gasteiger partial charge in [0.2, 0.25) is 10.0 Å². The SMILES string of the molecule is NS(=O)(=O)c1c(C(F)(F)F)ccc([C@H]2CC[C@H](NC3CCNC3)CC2)c1-c1nnn[nH]1. The Bertz CT molecular complexity index is 1010. The first kappa shape index (κ1) is 22.1. The molecule has 1 unspecified atom stereocenters. The second-order valence-corrected chi connectivity index (χ2v) is 9.60. The average Bonchev–Trinajstić information content (AvgIpc) is 3.40. The van der Waals surface area contributed by atoms with E-state index in [0.717, 1.165) is 38.4 Å². The quantitative estimate of drug-likeness (QED) is 0.532. The van der Waals surface area contributed by atoms with E-state index in [1.54, 1.807) is 0 Å². The Morgan fingerprint density at radius 3 is 2.39 bits per heavy atom. The molecule has 2 aliphatic rings. The number of tetrazole rings is 1. The standard InChI is InChI=1S/C18H24F3N7O2S/c19-18(20,21)14-6-5-13(15(16(14)31(22,29)30)17-25-27-28-26-17)10-1-3-11(4-2-10)24-12-7-8-23-9-12/h5-6,10-12,23-24H,1-4,7-9H2,(H2,22,29,30)(H,25,26,27,28)/t10-,11-,12?. The lowest BCUT2D eigenvalue weighted by atomic mass is 9.79. The number of sulfonamides is 1. The fourth-order valence-electron chi connectivity index (χ4n) is 4.67. The third-order valence-corrected chi connectivity index (χ3v) is 7.05. The molecule has 31 heavy (non-hydrogen) atoms. The maximum Gasteiger partial charge on any atom is 0.417 e. The van der Waals surface area contributed by atoms with Crippen molar-refractivity contribution in [2.45, 2.75) is 61.2 Å². The Labute approximate surface area is 177 Å². The number of benzene rings is 1. The van der Waals surface area contributed by atoms with E-state index >= 15 is 0 Å². The van der Waals surface area contributed by atoms with Crippen LogP contribution in [0.4, 0.5) is 13.2 Å². The van der Waals surface area contributed by atoms with Crippen LogP contribution in [0.15, 0.2) is 17.0 Å². The Morgan fingerprint density at radius 1 is 1.10 bits per heavy atom. The minimum absolute atomic E-state index is 0.136. The summed E-state index contributed by atoms with van der Waals surface area (Å²) >= 11 is 0. The van der Waals surface area contributed by atoms with Crippen LogP contribution in [0.1, 0.15) is 49.1 Å². The topological polar surface area (TPSA) is 139 Å². The van der Waals surface area contributed by atoms with Crippen LogP contribution in [0.2, 0.25) is 0 Å². The Hall–Kier alpha value is -2.09. The van der Waals surface area contributed by atoms with Crippen molar-refractivity contribution in [3.05, 3.63) is 23.3 Å². The number of aromatic nitrogens is 4. The molecule has 0 bridgehead atoms. The van der Waals surface area contributed by atoms with E-state index < -0.39 is 26.7 Å². The molecule has 170 valence electrons. The second kappa shape index (κ2) is 8.45. The van der Waals surface area contributed by atoms with Gasteiger partial charge < -0.3 is 10.6 Å². The Balaban J connectivity index is 1.70. The van der Waals surface area contributed by atoms with Gasteiger partial charge in [0.1, 0.15) is 4.90 Å². The predicted octanol–water partition coefficient (Wildman–Crippen LogP) is 1.51. The number of alkyl halides is 3. The largest absolute Gasteiger partial charge is 0.417 e. The van der Waals surface area contributed by atoms with Gasteiger partial charge in [-0.1, -0.05) is 6.07 Å². The van der Waals surface area contributed by atoms with Crippen molar-refractivity contribution >= 4 is 10.0 Å². The van der Waals surface area contributed by atoms with Crippen molar-refractivity contribution in [3.8, 4) is 11.4 Å². The highest BCUT2D eigenvalue weighted by Crippen LogP contribution is 2.44. The van der Waals surface area contributed by atoms with Crippen LogP contribution in [-0.4, -0.2) is 54.2 Å². The summed E-state index contributed by atoms with van der Waals surface area (Å²) in [5.74, 6) is -0.287. The van der Waals surface area contributed by atoms with Crippen molar-refractivity contribution in [2.75, 3.05) is 13.1 Å². The van der Waals surface area contributed by atoms with Crippen molar-refractivity contribution in [2.24, 2.45) is 5.14 Å². The molecule has 0 radical (unpaired) electrons. The molecule has 0 spiro atoms. The molecule has 1 saturated heterocycles. The van der Waals surface area contributed by atoms with Crippen molar-refractivity contribution in [1.29, 1.82) is 0 Å². The summed E-state index contributed by atoms with van der Waals surface area (Å²) in [5.41, 5.74) is -1.07. The van der Waals surface area contributed by atoms with E-state index in [9.17, 15) is 21.6 Å². The number of primary sulfonamides is 1. The third-order valence-electron chi connectivity index (χ3n) is 6.06. The van der Waals surface area contributed by atoms with Gasteiger partial charge in [-0.05, 0) is 66.6 Å². The van der Waals surface area contributed by atoms with Crippen LogP contribution in [0.5, 0.6) is 0 Å². The lowest BCUT2D eigenvalue weighted by Crippen LogP contribution is -2.41. The zero-order valence-electron chi connectivity index (χ0n) is 16.6. The van der Waals surface area contributed by atoms with Gasteiger partial charge in [-0.3, -0.25) is 0 Å². The molecule has 2 fully saturated rings. The minimum Gasteiger partial charge on any atom is -0.315 e. The normalized spacial score (nSPS) is 25.1. The molecule has 1 aliphatic heterocycles. The highest BCUT2D eigenvalue weighted by atomic mass is 32.2. The van der Waals surface area contributed by atoms with Crippen LogP contribution in [-0.2, 0) is 16.2 Å². The van der Waals surface area contributed by atoms with Crippen LogP contribution >= 0.6 is 0 Å². The molecule has 1 aliphatic carbocycles. The van der Waals surface area contributed by atoms with Gasteiger partial charge in [0.15, 0.2) is 5.82 Å². The summed E-state index contributed by atoms with van der Waals surface area (Å²) in [6, 6.07) is 2.87. The van der Waals surface area contributed by atoms with E-state index in [1.807, 2.05) is 0 Å². The molecule has 0 amide bonds. The van der Waals surface area contributed by atoms with Gasteiger partial charge in [-0.15, -0.1) is 5.10 Å². The van der Waals surface area contributed by atoms with Crippen molar-refractivity contribution < 1.29 is 21.6 Å². The molecule has 4 rings (SSSR count).